The zero-order valence-corrected chi connectivity index (χ0v) is 21.0. The van der Waals surface area contributed by atoms with Gasteiger partial charge in [-0.3, -0.25) is 19.3 Å². The first-order valence-electron chi connectivity index (χ1n) is 12.4. The number of nitrogens with zero attached hydrogens (tertiary/aromatic N) is 3. The molecule has 1 aliphatic heterocycles. The first-order valence-corrected chi connectivity index (χ1v) is 12.4. The number of hydrogen-bond acceptors (Lipinski definition) is 9. The summed E-state index contributed by atoms with van der Waals surface area (Å²) in [5.74, 6) is -2.89. The predicted octanol–water partition coefficient (Wildman–Crippen LogP) is 0.816. The number of likely N-dealkylation sites (tertiary alicyclic amines) is 1. The molecular weight excluding hydrogens is 508 g/mol. The number of fused-ring (bicyclic) bond motifs is 1. The molecule has 2 aromatic heterocycles. The number of nitrogen functional groups attached to an aromatic ring is 2. The van der Waals surface area contributed by atoms with Crippen molar-refractivity contribution >= 4 is 52.2 Å². The fourth-order valence-corrected chi connectivity index (χ4v) is 4.69. The first kappa shape index (κ1) is 27.3. The number of H-pyrrole nitrogens is 1. The Balaban J connectivity index is 1.33. The van der Waals surface area contributed by atoms with Gasteiger partial charge in [0.1, 0.15) is 17.5 Å². The van der Waals surface area contributed by atoms with E-state index in [1.54, 1.807) is 12.1 Å². The standard InChI is InChI=1S/C25H30N8O6/c26-20-19-14(12-28-21(19)32-25(27)31-20)9-11-33-10-1-2-17(33)23(37)29-15-5-3-13(4-6-15)22(36)30-16(24(38)39)7-8-18(34)35/h3-6,12,16-17H,1-2,7-11H2,(H,29,37)(H,30,36)(H,34,35)(H,38,39)(H5,26,27,28,31,32)/t16-,17+/m0/s1. The Morgan fingerprint density at radius 2 is 1.87 bits per heavy atom. The van der Waals surface area contributed by atoms with Gasteiger partial charge in [0.2, 0.25) is 11.9 Å². The van der Waals surface area contributed by atoms with Gasteiger partial charge in [-0.2, -0.15) is 9.97 Å². The van der Waals surface area contributed by atoms with E-state index in [0.29, 0.717) is 36.5 Å². The molecule has 0 spiro atoms. The second-order valence-electron chi connectivity index (χ2n) is 9.31. The lowest BCUT2D eigenvalue weighted by molar-refractivity contribution is -0.140. The van der Waals surface area contributed by atoms with Gasteiger partial charge < -0.3 is 37.3 Å². The minimum atomic E-state index is -1.33. The van der Waals surface area contributed by atoms with Crippen LogP contribution in [0.4, 0.5) is 17.5 Å². The van der Waals surface area contributed by atoms with E-state index >= 15 is 0 Å². The van der Waals surface area contributed by atoms with Crippen molar-refractivity contribution in [2.75, 3.05) is 29.9 Å². The Kier molecular flexibility index (Phi) is 8.24. The fourth-order valence-electron chi connectivity index (χ4n) is 4.69. The number of nitrogens with two attached hydrogens (primary N) is 2. The molecule has 1 saturated heterocycles. The minimum Gasteiger partial charge on any atom is -0.481 e. The molecule has 2 atom stereocenters. The highest BCUT2D eigenvalue weighted by Crippen LogP contribution is 2.25. The van der Waals surface area contributed by atoms with Crippen LogP contribution in [0.15, 0.2) is 30.5 Å². The number of hydrogen-bond donors (Lipinski definition) is 7. The van der Waals surface area contributed by atoms with Gasteiger partial charge in [-0.1, -0.05) is 0 Å². The summed E-state index contributed by atoms with van der Waals surface area (Å²) in [5, 5.41) is 23.9. The second kappa shape index (κ2) is 11.8. The van der Waals surface area contributed by atoms with E-state index in [9.17, 15) is 24.3 Å². The number of carboxylic acid groups (broad SMARTS) is 2. The van der Waals surface area contributed by atoms with Crippen LogP contribution in [0.25, 0.3) is 11.0 Å². The Bertz CT molecular complexity index is 1390. The zero-order chi connectivity index (χ0) is 28.1. The molecule has 4 rings (SSSR count). The molecule has 0 aliphatic carbocycles. The third-order valence-electron chi connectivity index (χ3n) is 6.66. The molecule has 1 aromatic carbocycles. The topological polar surface area (TPSA) is 230 Å². The molecule has 1 fully saturated rings. The van der Waals surface area contributed by atoms with E-state index in [0.717, 1.165) is 23.9 Å². The van der Waals surface area contributed by atoms with Crippen molar-refractivity contribution in [2.45, 2.75) is 44.2 Å². The molecule has 3 heterocycles. The lowest BCUT2D eigenvalue weighted by Crippen LogP contribution is -2.41. The number of anilines is 3. The molecule has 39 heavy (non-hydrogen) atoms. The molecule has 2 amide bonds. The smallest absolute Gasteiger partial charge is 0.326 e. The van der Waals surface area contributed by atoms with Crippen LogP contribution in [-0.2, 0) is 20.8 Å². The maximum absolute atomic E-state index is 13.1. The molecule has 0 radical (unpaired) electrons. The third-order valence-corrected chi connectivity index (χ3v) is 6.66. The molecule has 14 heteroatoms. The largest absolute Gasteiger partial charge is 0.481 e. The van der Waals surface area contributed by atoms with Gasteiger partial charge in [-0.25, -0.2) is 4.79 Å². The molecule has 9 N–H and O–H groups in total. The number of aromatic amines is 1. The summed E-state index contributed by atoms with van der Waals surface area (Å²) in [6.45, 7) is 1.39. The number of amides is 2. The van der Waals surface area contributed by atoms with Crippen LogP contribution < -0.4 is 22.1 Å². The van der Waals surface area contributed by atoms with E-state index in [1.807, 2.05) is 6.20 Å². The number of rotatable bonds is 11. The summed E-state index contributed by atoms with van der Waals surface area (Å²) < 4.78 is 0. The number of benzene rings is 1. The highest BCUT2D eigenvalue weighted by molar-refractivity contribution is 5.98. The number of aliphatic carboxylic acids is 2. The van der Waals surface area contributed by atoms with Crippen molar-refractivity contribution in [3.63, 3.8) is 0 Å². The van der Waals surface area contributed by atoms with Gasteiger partial charge in [-0.05, 0) is 62.1 Å². The minimum absolute atomic E-state index is 0.0959. The number of carbonyl (C=O) groups is 4. The maximum atomic E-state index is 13.1. The summed E-state index contributed by atoms with van der Waals surface area (Å²) in [6.07, 6.45) is 3.41. The molecular formula is C25H30N8O6. The Hall–Kier alpha value is -4.72. The third kappa shape index (κ3) is 6.59. The van der Waals surface area contributed by atoms with Gasteiger partial charge in [0.15, 0.2) is 0 Å². The second-order valence-corrected chi connectivity index (χ2v) is 9.31. The normalized spacial score (nSPS) is 16.2. The quantitative estimate of drug-likeness (QED) is 0.181. The van der Waals surface area contributed by atoms with E-state index < -0.39 is 23.9 Å². The van der Waals surface area contributed by atoms with E-state index in [2.05, 4.69) is 30.5 Å². The summed E-state index contributed by atoms with van der Waals surface area (Å²) in [5.41, 5.74) is 13.9. The molecule has 14 nitrogen and oxygen atoms in total. The van der Waals surface area contributed by atoms with Gasteiger partial charge >= 0.3 is 11.9 Å². The van der Waals surface area contributed by atoms with Crippen molar-refractivity contribution < 1.29 is 29.4 Å². The molecule has 3 aromatic rings. The highest BCUT2D eigenvalue weighted by atomic mass is 16.4. The summed E-state index contributed by atoms with van der Waals surface area (Å²) >= 11 is 0. The average molecular weight is 539 g/mol. The molecule has 0 unspecified atom stereocenters. The molecule has 1 aliphatic rings. The van der Waals surface area contributed by atoms with Crippen LogP contribution in [0.3, 0.4) is 0 Å². The lowest BCUT2D eigenvalue weighted by Gasteiger charge is -2.23. The molecule has 0 bridgehead atoms. The van der Waals surface area contributed by atoms with Crippen LogP contribution >= 0.6 is 0 Å². The van der Waals surface area contributed by atoms with Crippen molar-refractivity contribution in [3.05, 3.63) is 41.6 Å². The van der Waals surface area contributed by atoms with E-state index in [4.69, 9.17) is 16.6 Å². The predicted molar refractivity (Wildman–Crippen MR) is 142 cm³/mol. The van der Waals surface area contributed by atoms with Gasteiger partial charge in [0.25, 0.3) is 5.91 Å². The summed E-state index contributed by atoms with van der Waals surface area (Å²) in [7, 11) is 0. The first-order chi connectivity index (χ1) is 18.6. The Morgan fingerprint density at radius 1 is 1.13 bits per heavy atom. The number of carboxylic acids is 2. The van der Waals surface area contributed by atoms with Gasteiger partial charge in [-0.15, -0.1) is 0 Å². The van der Waals surface area contributed by atoms with Crippen molar-refractivity contribution in [1.82, 2.24) is 25.2 Å². The Labute approximate surface area is 222 Å². The molecule has 0 saturated carbocycles. The number of carbonyl (C=O) groups excluding carboxylic acids is 2. The number of nitrogens with one attached hydrogen (secondary N) is 3. The molecule has 206 valence electrons. The van der Waals surface area contributed by atoms with Gasteiger partial charge in [0.05, 0.1) is 11.4 Å². The highest BCUT2D eigenvalue weighted by Gasteiger charge is 2.30. The zero-order valence-electron chi connectivity index (χ0n) is 21.0. The Morgan fingerprint density at radius 3 is 2.56 bits per heavy atom. The maximum Gasteiger partial charge on any atom is 0.326 e. The van der Waals surface area contributed by atoms with Crippen molar-refractivity contribution in [2.24, 2.45) is 0 Å². The van der Waals surface area contributed by atoms with Gasteiger partial charge in [0, 0.05) is 30.4 Å². The fraction of sp³-hybridized carbons (Fsp3) is 0.360. The number of aromatic nitrogens is 3. The average Bonchev–Trinajstić information content (AvgIpc) is 3.52. The van der Waals surface area contributed by atoms with Crippen molar-refractivity contribution in [1.29, 1.82) is 0 Å². The van der Waals surface area contributed by atoms with Crippen LogP contribution in [0, 0.1) is 0 Å². The lowest BCUT2D eigenvalue weighted by atomic mass is 10.1. The van der Waals surface area contributed by atoms with E-state index in [-0.39, 0.29) is 36.3 Å². The van der Waals surface area contributed by atoms with Crippen LogP contribution in [0.5, 0.6) is 0 Å². The van der Waals surface area contributed by atoms with Crippen LogP contribution in [0.2, 0.25) is 0 Å². The van der Waals surface area contributed by atoms with Crippen LogP contribution in [-0.4, -0.2) is 79.0 Å². The SMILES string of the molecule is Nc1nc(N)c2c(CCN3CCC[C@@H]3C(=O)Nc3ccc(C(=O)N[C@@H](CCC(=O)O)C(=O)O)cc3)c[nH]c2n1. The summed E-state index contributed by atoms with van der Waals surface area (Å²) in [6, 6.07) is 4.38. The summed E-state index contributed by atoms with van der Waals surface area (Å²) in [4.78, 5) is 60.9. The monoisotopic (exact) mass is 538 g/mol. The van der Waals surface area contributed by atoms with Crippen LogP contribution in [0.1, 0.15) is 41.6 Å². The van der Waals surface area contributed by atoms with E-state index in [1.165, 1.54) is 12.1 Å². The van der Waals surface area contributed by atoms with Crippen molar-refractivity contribution in [3.8, 4) is 0 Å².